The molecule has 2 rings (SSSR count). The van der Waals surface area contributed by atoms with Gasteiger partial charge in [0.2, 0.25) is 5.91 Å². The highest BCUT2D eigenvalue weighted by Gasteiger charge is 2.12. The highest BCUT2D eigenvalue weighted by molar-refractivity contribution is 7.77. The van der Waals surface area contributed by atoms with Gasteiger partial charge in [-0.3, -0.25) is 9.93 Å². The Hall–Kier alpha value is -1.34. The van der Waals surface area contributed by atoms with Crippen LogP contribution in [0.4, 0.5) is 0 Å². The second-order valence-corrected chi connectivity index (χ2v) is 5.97. The van der Waals surface area contributed by atoms with Gasteiger partial charge in [0.25, 0.3) is 0 Å². The number of nitrogens with one attached hydrogen (secondary N) is 2. The van der Waals surface area contributed by atoms with Crippen molar-refractivity contribution in [2.24, 2.45) is 17.0 Å². The quantitative estimate of drug-likeness (QED) is 0.505. The number of aliphatic hydroxyl groups is 1. The Balaban J connectivity index is 0. The fourth-order valence-corrected chi connectivity index (χ4v) is 2.50. The summed E-state index contributed by atoms with van der Waals surface area (Å²) >= 11 is 3.03. The second-order valence-electron chi connectivity index (χ2n) is 5.97. The van der Waals surface area contributed by atoms with Crippen molar-refractivity contribution in [3.05, 3.63) is 42.0 Å². The lowest BCUT2D eigenvalue weighted by atomic mass is 9.90. The lowest BCUT2D eigenvalue weighted by molar-refractivity contribution is -0.118. The van der Waals surface area contributed by atoms with E-state index in [9.17, 15) is 4.79 Å². The van der Waals surface area contributed by atoms with E-state index < -0.39 is 0 Å². The summed E-state index contributed by atoms with van der Waals surface area (Å²) in [5.74, 6) is 1.28. The van der Waals surface area contributed by atoms with E-state index in [4.69, 9.17) is 5.11 Å². The van der Waals surface area contributed by atoms with Crippen molar-refractivity contribution in [3.63, 3.8) is 0 Å². The van der Waals surface area contributed by atoms with Gasteiger partial charge in [0.15, 0.2) is 0 Å². The molecule has 5 nitrogen and oxygen atoms in total. The summed E-state index contributed by atoms with van der Waals surface area (Å²) in [7, 11) is 3.75. The molecule has 0 saturated heterocycles. The molecule has 1 atom stereocenters. The van der Waals surface area contributed by atoms with Gasteiger partial charge in [0, 0.05) is 18.7 Å². The molecule has 0 aromatic heterocycles. The van der Waals surface area contributed by atoms with Gasteiger partial charge in [-0.2, -0.15) is 0 Å². The van der Waals surface area contributed by atoms with Crippen LogP contribution >= 0.6 is 12.8 Å². The summed E-state index contributed by atoms with van der Waals surface area (Å²) in [5, 5.41) is 18.5. The van der Waals surface area contributed by atoms with Crippen LogP contribution in [-0.2, 0) is 4.79 Å². The molecule has 1 amide bonds. The number of aliphatic hydroxyl groups excluding tert-OH is 1. The van der Waals surface area contributed by atoms with E-state index in [-0.39, 0.29) is 5.91 Å². The van der Waals surface area contributed by atoms with E-state index in [1.807, 2.05) is 50.5 Å². The summed E-state index contributed by atoms with van der Waals surface area (Å²) in [6, 6.07) is 9.84. The third-order valence-corrected chi connectivity index (χ3v) is 3.99. The van der Waals surface area contributed by atoms with Crippen LogP contribution < -0.4 is 15.8 Å². The average molecular weight is 384 g/mol. The molecule has 150 valence electrons. The zero-order valence-corrected chi connectivity index (χ0v) is 17.7. The van der Waals surface area contributed by atoms with Crippen molar-refractivity contribution >= 4 is 24.4 Å². The maximum absolute atomic E-state index is 10.9. The molecule has 6 heteroatoms. The SMILES string of the molecule is CCC(CC)C(C)CO.CNC.NS.O=C1CC=C(c2ccccc2)N1. The van der Waals surface area contributed by atoms with Crippen LogP contribution in [0.1, 0.15) is 45.6 Å². The van der Waals surface area contributed by atoms with E-state index in [1.54, 1.807) is 0 Å². The number of hydrogen-bond donors (Lipinski definition) is 5. The number of rotatable bonds is 5. The molecular formula is C20H37N3O2S. The van der Waals surface area contributed by atoms with E-state index in [2.05, 4.69) is 49.4 Å². The van der Waals surface area contributed by atoms with Crippen molar-refractivity contribution in [2.45, 2.75) is 40.0 Å². The maximum atomic E-state index is 10.9. The highest BCUT2D eigenvalue weighted by Crippen LogP contribution is 2.17. The normalized spacial score (nSPS) is 13.1. The van der Waals surface area contributed by atoms with Gasteiger partial charge in [-0.1, -0.05) is 70.0 Å². The molecule has 1 aromatic carbocycles. The van der Waals surface area contributed by atoms with Gasteiger partial charge in [-0.05, 0) is 31.5 Å². The number of benzene rings is 1. The van der Waals surface area contributed by atoms with Gasteiger partial charge in [-0.25, -0.2) is 0 Å². The molecule has 1 aromatic rings. The van der Waals surface area contributed by atoms with Gasteiger partial charge in [0.05, 0.1) is 0 Å². The molecule has 1 unspecified atom stereocenters. The lowest BCUT2D eigenvalue weighted by Crippen LogP contribution is -2.13. The van der Waals surface area contributed by atoms with E-state index in [0.717, 1.165) is 17.2 Å². The number of amides is 1. The molecule has 1 aliphatic rings. The molecule has 5 N–H and O–H groups in total. The minimum absolute atomic E-state index is 0.0776. The number of thiol groups is 1. The fraction of sp³-hybridized carbons (Fsp3) is 0.550. The molecule has 26 heavy (non-hydrogen) atoms. The first-order valence-electron chi connectivity index (χ1n) is 9.04. The molecule has 0 aliphatic carbocycles. The number of carbonyl (C=O) groups is 1. The Bertz CT molecular complexity index is 477. The van der Waals surface area contributed by atoms with Crippen molar-refractivity contribution < 1.29 is 9.90 Å². The summed E-state index contributed by atoms with van der Waals surface area (Å²) in [6.07, 6.45) is 4.80. The summed E-state index contributed by atoms with van der Waals surface area (Å²) in [5.41, 5.74) is 2.00. The first-order chi connectivity index (χ1) is 12.5. The smallest absolute Gasteiger partial charge is 0.228 e. The Kier molecular flexibility index (Phi) is 19.1. The van der Waals surface area contributed by atoms with E-state index in [1.165, 1.54) is 12.8 Å². The first-order valence-corrected chi connectivity index (χ1v) is 9.56. The second kappa shape index (κ2) is 18.5. The molecule has 0 spiro atoms. The first kappa shape index (κ1) is 26.9. The summed E-state index contributed by atoms with van der Waals surface area (Å²) < 4.78 is 0. The van der Waals surface area contributed by atoms with Crippen LogP contribution in [0.25, 0.3) is 5.70 Å². The Morgan fingerprint density at radius 2 is 1.69 bits per heavy atom. The number of carbonyl (C=O) groups excluding carboxylic acids is 1. The third-order valence-electron chi connectivity index (χ3n) is 3.99. The maximum Gasteiger partial charge on any atom is 0.228 e. The topological polar surface area (TPSA) is 87.4 Å². The van der Waals surface area contributed by atoms with Crippen molar-refractivity contribution in [1.29, 1.82) is 0 Å². The summed E-state index contributed by atoms with van der Waals surface area (Å²) in [6.45, 7) is 6.81. The van der Waals surface area contributed by atoms with Crippen LogP contribution in [0.2, 0.25) is 0 Å². The van der Waals surface area contributed by atoms with Crippen molar-refractivity contribution in [1.82, 2.24) is 10.6 Å². The van der Waals surface area contributed by atoms with Crippen LogP contribution in [0.3, 0.4) is 0 Å². The van der Waals surface area contributed by atoms with Crippen LogP contribution in [0.5, 0.6) is 0 Å². The minimum Gasteiger partial charge on any atom is -0.396 e. The third kappa shape index (κ3) is 12.1. The standard InChI is InChI=1S/C10H9NO.C8H18O.C2H7N.H3NS/c12-10-7-6-9(11-10)8-4-2-1-3-5-8;1-4-8(5-2)7(3)6-9;1-3-2;1-2/h1-6H,7H2,(H,11,12);7-9H,4-6H2,1-3H3;3H,1-2H3;2H,1H2. The van der Waals surface area contributed by atoms with Gasteiger partial charge < -0.3 is 15.7 Å². The fourth-order valence-electron chi connectivity index (χ4n) is 2.50. The minimum atomic E-state index is 0.0776. The predicted octanol–water partition coefficient (Wildman–Crippen LogP) is 3.22. The van der Waals surface area contributed by atoms with Crippen LogP contribution in [0, 0.1) is 11.8 Å². The Labute approximate surface area is 165 Å². The van der Waals surface area contributed by atoms with Gasteiger partial charge in [-0.15, -0.1) is 12.8 Å². The van der Waals surface area contributed by atoms with E-state index >= 15 is 0 Å². The van der Waals surface area contributed by atoms with Gasteiger partial charge in [0.1, 0.15) is 0 Å². The van der Waals surface area contributed by atoms with Crippen molar-refractivity contribution in [2.75, 3.05) is 20.7 Å². The lowest BCUT2D eigenvalue weighted by Gasteiger charge is -2.17. The predicted molar refractivity (Wildman–Crippen MR) is 116 cm³/mol. The molecule has 0 saturated carbocycles. The Morgan fingerprint density at radius 3 is 2.00 bits per heavy atom. The Morgan fingerprint density at radius 1 is 1.19 bits per heavy atom. The number of hydrogen-bond acceptors (Lipinski definition) is 5. The highest BCUT2D eigenvalue weighted by atomic mass is 32.1. The molecule has 0 bridgehead atoms. The molecule has 0 radical (unpaired) electrons. The van der Waals surface area contributed by atoms with Gasteiger partial charge >= 0.3 is 0 Å². The molecule has 1 heterocycles. The zero-order valence-electron chi connectivity index (χ0n) is 16.8. The summed E-state index contributed by atoms with van der Waals surface area (Å²) in [4.78, 5) is 10.9. The number of nitrogens with two attached hydrogens (primary N) is 1. The van der Waals surface area contributed by atoms with Crippen LogP contribution in [-0.4, -0.2) is 31.7 Å². The molecule has 0 fully saturated rings. The monoisotopic (exact) mass is 383 g/mol. The van der Waals surface area contributed by atoms with Crippen LogP contribution in [0.15, 0.2) is 36.4 Å². The largest absolute Gasteiger partial charge is 0.396 e. The molecule has 1 aliphatic heterocycles. The molecular weight excluding hydrogens is 346 g/mol. The average Bonchev–Trinajstić information content (AvgIpc) is 3.12. The van der Waals surface area contributed by atoms with Crippen molar-refractivity contribution in [3.8, 4) is 0 Å². The zero-order chi connectivity index (χ0) is 20.4. The van der Waals surface area contributed by atoms with E-state index in [0.29, 0.717) is 18.9 Å².